The van der Waals surface area contributed by atoms with E-state index in [-0.39, 0.29) is 78.2 Å². The highest BCUT2D eigenvalue weighted by atomic mass is 16.7. The summed E-state index contributed by atoms with van der Waals surface area (Å²) in [5, 5.41) is 116. The monoisotopic (exact) mass is 1210 g/mol. The molecule has 0 saturated carbocycles. The molecular weight excluding hydrogens is 1130 g/mol. The number of aromatic hydroxyl groups is 2. The fourth-order valence-corrected chi connectivity index (χ4v) is 12.8. The summed E-state index contributed by atoms with van der Waals surface area (Å²) in [6.07, 6.45) is -23.2. The zero-order valence-corrected chi connectivity index (χ0v) is 49.0. The van der Waals surface area contributed by atoms with E-state index in [4.69, 9.17) is 52.1 Å². The average Bonchev–Trinajstić information content (AvgIpc) is 3.35. The molecule has 3 aromatic carbocycles. The first-order valence-electron chi connectivity index (χ1n) is 29.2. The first-order chi connectivity index (χ1) is 40.7. The highest BCUT2D eigenvalue weighted by molar-refractivity contribution is 6.11. The number of carbonyl (C=O) groups is 3. The van der Waals surface area contributed by atoms with Crippen LogP contribution in [0.15, 0.2) is 42.6 Å². The number of fused-ring (bicyclic) bond motifs is 3. The Kier molecular flexibility index (Phi) is 19.1. The van der Waals surface area contributed by atoms with Crippen LogP contribution in [0, 0.1) is 12.8 Å². The van der Waals surface area contributed by atoms with Crippen molar-refractivity contribution in [2.75, 3.05) is 7.11 Å². The Morgan fingerprint density at radius 2 is 1.29 bits per heavy atom. The van der Waals surface area contributed by atoms with Gasteiger partial charge in [-0.25, -0.2) is 4.79 Å². The van der Waals surface area contributed by atoms with Gasteiger partial charge in [-0.3, -0.25) is 9.59 Å². The minimum atomic E-state index is -2.11. The fourth-order valence-electron chi connectivity index (χ4n) is 12.8. The predicted molar refractivity (Wildman–Crippen MR) is 297 cm³/mol. The minimum Gasteiger partial charge on any atom is -0.507 e. The Labute approximate surface area is 495 Å². The van der Waals surface area contributed by atoms with Gasteiger partial charge in [0.2, 0.25) is 12.2 Å². The van der Waals surface area contributed by atoms with E-state index in [2.05, 4.69) is 10.3 Å². The van der Waals surface area contributed by atoms with Crippen LogP contribution in [-0.4, -0.2) is 222 Å². The number of nitrogens with one attached hydrogen (secondary N) is 2. The molecule has 1 amide bonds. The first-order valence-corrected chi connectivity index (χ1v) is 29.2. The Hall–Kier alpha value is -5.21. The van der Waals surface area contributed by atoms with Crippen LogP contribution in [-0.2, 0) is 69.8 Å². The summed E-state index contributed by atoms with van der Waals surface area (Å²) in [7, 11) is 1.15. The van der Waals surface area contributed by atoms with Crippen molar-refractivity contribution >= 4 is 39.3 Å². The second-order valence-corrected chi connectivity index (χ2v) is 24.1. The van der Waals surface area contributed by atoms with Gasteiger partial charge in [-0.15, -0.1) is 0 Å². The number of aromatic amines is 1. The van der Waals surface area contributed by atoms with Crippen LogP contribution in [0.25, 0.3) is 21.7 Å². The number of amides is 1. The number of aliphatic hydroxyl groups is 8. The Morgan fingerprint density at radius 1 is 0.733 bits per heavy atom. The summed E-state index contributed by atoms with van der Waals surface area (Å²) < 4.78 is 66.3. The van der Waals surface area contributed by atoms with Gasteiger partial charge in [0.15, 0.2) is 30.9 Å². The zero-order chi connectivity index (χ0) is 62.0. The van der Waals surface area contributed by atoms with Crippen molar-refractivity contribution in [2.45, 2.75) is 234 Å². The van der Waals surface area contributed by atoms with Crippen LogP contribution in [0.4, 0.5) is 0 Å². The smallest absolute Gasteiger partial charge is 0.328 e. The standard InChI is InChI=1S/C60H80N2O24/c1-23-37(82-42-19-38(50(66)25(3)78-42)83-41-18-36(63)49(65)24(2)77-41)17-31-14-30-15-33(53(69)58(73)62-35(59(74)76-8)16-29-10-9-11-34-32(29)12-13-61-34)56(55(71)47(30)54(70)46(31)48(23)64)86-44-21-39(51(67)27(5)80-44)84-43-20-40(52(68)26(4)79-43)85-45-22-60(7,75)57(72)28(6)81-45/h9-14,17,24-28,33,35-36,38-45,49-53,56-57,61,63-70,72,75H,15-16,18-22H2,1-8H3,(H,62,73)/t24?,25?,26?,27?,28?,33-,35?,36?,38?,39?,40?,41?,42?,43?,44?,45?,49?,50?,51?,52?,53-,56-,57?,60?/m0/s1. The maximum absolute atomic E-state index is 15.3. The number of ketones is 1. The summed E-state index contributed by atoms with van der Waals surface area (Å²) in [4.78, 5) is 46.3. The molecule has 5 aliphatic heterocycles. The molecule has 474 valence electrons. The average molecular weight is 1210 g/mol. The summed E-state index contributed by atoms with van der Waals surface area (Å²) in [5.41, 5.74) is -0.196. The van der Waals surface area contributed by atoms with Crippen molar-refractivity contribution in [3.63, 3.8) is 0 Å². The van der Waals surface area contributed by atoms with E-state index in [1.165, 1.54) is 32.9 Å². The van der Waals surface area contributed by atoms with Gasteiger partial charge in [0.1, 0.15) is 66.0 Å². The van der Waals surface area contributed by atoms with E-state index in [1.807, 2.05) is 12.1 Å². The van der Waals surface area contributed by atoms with E-state index >= 15 is 4.79 Å². The number of H-pyrrole nitrogens is 1. The van der Waals surface area contributed by atoms with Crippen LogP contribution in [0.3, 0.4) is 0 Å². The van der Waals surface area contributed by atoms with Crippen molar-refractivity contribution in [3.05, 3.63) is 64.8 Å². The van der Waals surface area contributed by atoms with Crippen LogP contribution < -0.4 is 10.1 Å². The van der Waals surface area contributed by atoms with E-state index in [1.54, 1.807) is 46.0 Å². The minimum absolute atomic E-state index is 0.0565. The number of ether oxygens (including phenoxy) is 11. The predicted octanol–water partition coefficient (Wildman–Crippen LogP) is 1.17. The molecule has 10 rings (SSSR count). The molecule has 5 fully saturated rings. The number of rotatable bonds is 16. The summed E-state index contributed by atoms with van der Waals surface area (Å²) in [6, 6.07) is 8.84. The van der Waals surface area contributed by atoms with Gasteiger partial charge in [0.25, 0.3) is 0 Å². The number of carbonyl (C=O) groups excluding carboxylic acids is 3. The quantitative estimate of drug-likeness (QED) is 0.0701. The topological polar surface area (TPSA) is 383 Å². The van der Waals surface area contributed by atoms with Gasteiger partial charge in [-0.1, -0.05) is 12.1 Å². The van der Waals surface area contributed by atoms with E-state index < -0.39 is 176 Å². The van der Waals surface area contributed by atoms with Crippen molar-refractivity contribution in [1.82, 2.24) is 10.3 Å². The molecule has 26 heteroatoms. The largest absolute Gasteiger partial charge is 0.507 e. The maximum atomic E-state index is 15.3. The number of Topliss-reactive ketones (excluding diaryl/α,β-unsaturated/α-hetero) is 1. The van der Waals surface area contributed by atoms with Crippen molar-refractivity contribution in [2.24, 2.45) is 5.92 Å². The van der Waals surface area contributed by atoms with Crippen molar-refractivity contribution < 1.29 is 118 Å². The number of hydrogen-bond donors (Lipinski definition) is 12. The van der Waals surface area contributed by atoms with E-state index in [0.29, 0.717) is 5.56 Å². The molecule has 6 aliphatic rings. The molecule has 21 unspecified atom stereocenters. The maximum Gasteiger partial charge on any atom is 0.328 e. The zero-order valence-electron chi connectivity index (χ0n) is 49.0. The highest BCUT2D eigenvalue weighted by Gasteiger charge is 2.51. The lowest BCUT2D eigenvalue weighted by atomic mass is 9.76. The normalized spacial score (nSPS) is 38.5. The molecule has 1 aliphatic carbocycles. The van der Waals surface area contributed by atoms with Crippen molar-refractivity contribution in [3.8, 4) is 17.2 Å². The Bertz CT molecular complexity index is 3070. The number of aliphatic hydroxyl groups excluding tert-OH is 7. The fraction of sp³-hybridized carbons (Fsp3) is 0.650. The second-order valence-electron chi connectivity index (χ2n) is 24.1. The summed E-state index contributed by atoms with van der Waals surface area (Å²) >= 11 is 0. The number of phenolic OH excluding ortho intramolecular Hbond substituents is 2. The number of benzene rings is 3. The number of aromatic nitrogens is 1. The summed E-state index contributed by atoms with van der Waals surface area (Å²) in [5.74, 6) is -5.39. The third-order valence-electron chi connectivity index (χ3n) is 17.8. The molecule has 6 heterocycles. The number of methoxy groups -OCH3 is 1. The molecule has 12 N–H and O–H groups in total. The third-order valence-corrected chi connectivity index (χ3v) is 17.8. The SMILES string of the molecule is COC(=O)C(Cc1cccc2[nH]ccc12)NC(=O)[C@@H](O)[C@@H]1Cc2cc3cc(OC4CC(OC5CC(O)C(O)C(C)O5)C(O)C(C)O4)c(C)c(O)c3c(O)c2C(=O)[C@H]1OC1CC(OC2CC(OC3CC(C)(O)C(O)C(C)O3)C(O)C(C)O2)C(O)C(C)O1. The van der Waals surface area contributed by atoms with Crippen LogP contribution >= 0.6 is 0 Å². The van der Waals surface area contributed by atoms with Crippen LogP contribution in [0.1, 0.15) is 101 Å². The lowest BCUT2D eigenvalue weighted by molar-refractivity contribution is -0.334. The molecule has 0 bridgehead atoms. The lowest BCUT2D eigenvalue weighted by Crippen LogP contribution is -2.58. The van der Waals surface area contributed by atoms with Gasteiger partial charge < -0.3 is 113 Å². The molecule has 86 heavy (non-hydrogen) atoms. The van der Waals surface area contributed by atoms with Gasteiger partial charge in [-0.2, -0.15) is 0 Å². The van der Waals surface area contributed by atoms with Gasteiger partial charge in [0.05, 0.1) is 78.6 Å². The number of hydrogen-bond acceptors (Lipinski definition) is 24. The highest BCUT2D eigenvalue weighted by Crippen LogP contribution is 2.47. The number of esters is 1. The first kappa shape index (κ1) is 63.8. The molecule has 5 saturated heterocycles. The van der Waals surface area contributed by atoms with E-state index in [9.17, 15) is 60.7 Å². The third kappa shape index (κ3) is 13.0. The Morgan fingerprint density at radius 3 is 1.90 bits per heavy atom. The van der Waals surface area contributed by atoms with Gasteiger partial charge in [0, 0.05) is 67.1 Å². The van der Waals surface area contributed by atoms with Gasteiger partial charge in [-0.05, 0) is 95.7 Å². The molecule has 0 spiro atoms. The molecule has 1 aromatic heterocycles. The van der Waals surface area contributed by atoms with E-state index in [0.717, 1.165) is 18.0 Å². The van der Waals surface area contributed by atoms with Crippen molar-refractivity contribution in [1.29, 1.82) is 0 Å². The van der Waals surface area contributed by atoms with Crippen LogP contribution in [0.5, 0.6) is 17.2 Å². The second kappa shape index (κ2) is 25.7. The lowest BCUT2D eigenvalue weighted by Gasteiger charge is -2.46. The van der Waals surface area contributed by atoms with Crippen LogP contribution in [0.2, 0.25) is 0 Å². The molecule has 26 nitrogen and oxygen atoms in total. The van der Waals surface area contributed by atoms with Gasteiger partial charge >= 0.3 is 5.97 Å². The molecule has 4 aromatic rings. The summed E-state index contributed by atoms with van der Waals surface area (Å²) in [6.45, 7) is 10.8. The number of phenols is 2. The Balaban J connectivity index is 0.925. The molecule has 0 radical (unpaired) electrons. The molecular formula is C60H80N2O24. The molecule has 24 atom stereocenters.